The van der Waals surface area contributed by atoms with E-state index in [1.165, 1.54) is 0 Å². The van der Waals surface area contributed by atoms with Crippen LogP contribution < -0.4 is 0 Å². The molecule has 1 N–H and O–H groups in total. The highest BCUT2D eigenvalue weighted by Gasteiger charge is 2.16. The fraction of sp³-hybridized carbons (Fsp3) is 0.250. The third kappa shape index (κ3) is 1.95. The van der Waals surface area contributed by atoms with Gasteiger partial charge in [-0.15, -0.1) is 0 Å². The van der Waals surface area contributed by atoms with Gasteiger partial charge in [0.05, 0.1) is 0 Å². The second-order valence-corrected chi connectivity index (χ2v) is 2.80. The molecular weight excluding hydrogens is 205 g/mol. The molecular formula is C8H6ClF3O. The highest BCUT2D eigenvalue weighted by Crippen LogP contribution is 2.24. The van der Waals surface area contributed by atoms with Crippen LogP contribution in [0.25, 0.3) is 0 Å². The van der Waals surface area contributed by atoms with Gasteiger partial charge in [0.25, 0.3) is 0 Å². The van der Waals surface area contributed by atoms with Gasteiger partial charge >= 0.3 is 0 Å². The molecule has 0 unspecified atom stereocenters. The predicted octanol–water partition coefficient (Wildman–Crippen LogP) is 2.29. The summed E-state index contributed by atoms with van der Waals surface area (Å²) in [7, 11) is 0. The van der Waals surface area contributed by atoms with Crippen molar-refractivity contribution in [1.29, 1.82) is 0 Å². The summed E-state index contributed by atoms with van der Waals surface area (Å²) in [6.45, 7) is -0.421. The van der Waals surface area contributed by atoms with Crippen molar-refractivity contribution in [2.24, 2.45) is 0 Å². The van der Waals surface area contributed by atoms with Gasteiger partial charge in [-0.25, -0.2) is 13.2 Å². The number of hydrogen-bond acceptors (Lipinski definition) is 1. The maximum atomic E-state index is 13.0. The Bertz CT molecular complexity index is 328. The van der Waals surface area contributed by atoms with E-state index < -0.39 is 34.6 Å². The third-order valence-electron chi connectivity index (χ3n) is 1.57. The van der Waals surface area contributed by atoms with E-state index in [1.54, 1.807) is 0 Å². The Labute approximate surface area is 77.8 Å². The summed E-state index contributed by atoms with van der Waals surface area (Å²) in [5.41, 5.74) is -0.395. The van der Waals surface area contributed by atoms with Crippen molar-refractivity contribution in [2.45, 2.75) is 6.42 Å². The van der Waals surface area contributed by atoms with Crippen LogP contribution in [0.1, 0.15) is 5.56 Å². The molecule has 1 aromatic rings. The molecule has 0 amide bonds. The minimum Gasteiger partial charge on any atom is -0.396 e. The Hall–Kier alpha value is -0.740. The lowest BCUT2D eigenvalue weighted by molar-refractivity contribution is 0.295. The summed E-state index contributed by atoms with van der Waals surface area (Å²) in [5.74, 6) is -3.32. The van der Waals surface area contributed by atoms with Crippen molar-refractivity contribution in [3.63, 3.8) is 0 Å². The highest BCUT2D eigenvalue weighted by molar-refractivity contribution is 6.30. The van der Waals surface area contributed by atoms with Gasteiger partial charge in [0.1, 0.15) is 16.7 Å². The Balaban J connectivity index is 3.26. The number of benzene rings is 1. The summed E-state index contributed by atoms with van der Waals surface area (Å²) < 4.78 is 38.4. The summed E-state index contributed by atoms with van der Waals surface area (Å²) in [5, 5.41) is 7.71. The van der Waals surface area contributed by atoms with E-state index in [0.29, 0.717) is 6.07 Å². The molecule has 0 fully saturated rings. The normalized spacial score (nSPS) is 10.5. The van der Waals surface area contributed by atoms with Crippen LogP contribution in [-0.4, -0.2) is 11.7 Å². The maximum absolute atomic E-state index is 13.0. The van der Waals surface area contributed by atoms with E-state index in [0.717, 1.165) is 0 Å². The van der Waals surface area contributed by atoms with Crippen molar-refractivity contribution >= 4 is 11.6 Å². The lowest BCUT2D eigenvalue weighted by Crippen LogP contribution is -2.01. The molecule has 1 nitrogen and oxygen atoms in total. The molecule has 0 spiro atoms. The van der Waals surface area contributed by atoms with Crippen LogP contribution in [0.4, 0.5) is 13.2 Å². The van der Waals surface area contributed by atoms with Crippen molar-refractivity contribution < 1.29 is 18.3 Å². The van der Waals surface area contributed by atoms with Gasteiger partial charge in [-0.2, -0.15) is 0 Å². The zero-order valence-corrected chi connectivity index (χ0v) is 7.21. The van der Waals surface area contributed by atoms with Gasteiger partial charge in [0.15, 0.2) is 5.82 Å². The molecule has 0 radical (unpaired) electrons. The second kappa shape index (κ2) is 3.98. The van der Waals surface area contributed by atoms with Gasteiger partial charge in [-0.1, -0.05) is 11.6 Å². The molecule has 13 heavy (non-hydrogen) atoms. The molecule has 0 saturated carbocycles. The summed E-state index contributed by atoms with van der Waals surface area (Å²) in [6, 6.07) is 0.496. The lowest BCUT2D eigenvalue weighted by Gasteiger charge is -2.04. The van der Waals surface area contributed by atoms with E-state index in [-0.39, 0.29) is 6.42 Å². The number of rotatable bonds is 2. The van der Waals surface area contributed by atoms with E-state index >= 15 is 0 Å². The Kier molecular flexibility index (Phi) is 3.17. The monoisotopic (exact) mass is 210 g/mol. The molecule has 0 aliphatic carbocycles. The number of halogens is 4. The van der Waals surface area contributed by atoms with E-state index in [4.69, 9.17) is 16.7 Å². The molecule has 1 rings (SSSR count). The summed E-state index contributed by atoms with van der Waals surface area (Å²) >= 11 is 5.19. The van der Waals surface area contributed by atoms with Crippen molar-refractivity contribution in [1.82, 2.24) is 0 Å². The zero-order chi connectivity index (χ0) is 10.0. The molecule has 0 aromatic heterocycles. The number of aliphatic hydroxyl groups is 1. The number of aliphatic hydroxyl groups excluding tert-OH is 1. The fourth-order valence-electron chi connectivity index (χ4n) is 0.945. The van der Waals surface area contributed by atoms with Crippen molar-refractivity contribution in [3.05, 3.63) is 34.1 Å². The topological polar surface area (TPSA) is 20.2 Å². The van der Waals surface area contributed by atoms with Gasteiger partial charge in [0, 0.05) is 24.7 Å². The zero-order valence-electron chi connectivity index (χ0n) is 6.45. The smallest absolute Gasteiger partial charge is 0.150 e. The molecule has 5 heteroatoms. The average Bonchev–Trinajstić information content (AvgIpc) is 2.09. The minimum atomic E-state index is -1.15. The van der Waals surface area contributed by atoms with E-state index in [9.17, 15) is 13.2 Å². The van der Waals surface area contributed by atoms with Crippen LogP contribution >= 0.6 is 11.6 Å². The van der Waals surface area contributed by atoms with Gasteiger partial charge in [0.2, 0.25) is 0 Å². The first-order chi connectivity index (χ1) is 6.07. The summed E-state index contributed by atoms with van der Waals surface area (Å²) in [4.78, 5) is 0. The standard InChI is InChI=1S/C8H6ClF3O/c9-7-6(11)3-5(10)4(1-2-13)8(7)12/h3,13H,1-2H2. The fourth-order valence-corrected chi connectivity index (χ4v) is 1.11. The molecule has 0 aliphatic heterocycles. The summed E-state index contributed by atoms with van der Waals surface area (Å²) in [6.07, 6.45) is -0.225. The van der Waals surface area contributed by atoms with E-state index in [2.05, 4.69) is 0 Å². The SMILES string of the molecule is OCCc1c(F)cc(F)c(Cl)c1F. The van der Waals surface area contributed by atoms with Gasteiger partial charge < -0.3 is 5.11 Å². The van der Waals surface area contributed by atoms with Crippen molar-refractivity contribution in [2.75, 3.05) is 6.61 Å². The Morgan fingerprint density at radius 2 is 1.85 bits per heavy atom. The molecule has 72 valence electrons. The predicted molar refractivity (Wildman–Crippen MR) is 42.1 cm³/mol. The Morgan fingerprint density at radius 3 is 2.38 bits per heavy atom. The second-order valence-electron chi connectivity index (χ2n) is 2.42. The third-order valence-corrected chi connectivity index (χ3v) is 1.92. The van der Waals surface area contributed by atoms with Crippen LogP contribution in [0.3, 0.4) is 0 Å². The highest BCUT2D eigenvalue weighted by atomic mass is 35.5. The largest absolute Gasteiger partial charge is 0.396 e. The van der Waals surface area contributed by atoms with Crippen LogP contribution in [0.15, 0.2) is 6.07 Å². The Morgan fingerprint density at radius 1 is 1.23 bits per heavy atom. The minimum absolute atomic E-state index is 0.225. The van der Waals surface area contributed by atoms with Crippen LogP contribution in [0, 0.1) is 17.5 Å². The number of hydrogen-bond donors (Lipinski definition) is 1. The first-order valence-corrected chi connectivity index (χ1v) is 3.88. The molecule has 0 heterocycles. The first kappa shape index (κ1) is 10.3. The average molecular weight is 211 g/mol. The molecule has 0 aliphatic rings. The van der Waals surface area contributed by atoms with E-state index in [1.807, 2.05) is 0 Å². The first-order valence-electron chi connectivity index (χ1n) is 3.50. The molecule has 1 aromatic carbocycles. The quantitative estimate of drug-likeness (QED) is 0.587. The van der Waals surface area contributed by atoms with Gasteiger partial charge in [-0.05, 0) is 0 Å². The molecule has 0 saturated heterocycles. The molecule has 0 bridgehead atoms. The van der Waals surface area contributed by atoms with Crippen LogP contribution in [0.5, 0.6) is 0 Å². The maximum Gasteiger partial charge on any atom is 0.150 e. The van der Waals surface area contributed by atoms with Gasteiger partial charge in [-0.3, -0.25) is 0 Å². The van der Waals surface area contributed by atoms with Crippen molar-refractivity contribution in [3.8, 4) is 0 Å². The lowest BCUT2D eigenvalue weighted by atomic mass is 10.1. The molecule has 0 atom stereocenters. The van der Waals surface area contributed by atoms with Crippen LogP contribution in [0.2, 0.25) is 5.02 Å². The van der Waals surface area contributed by atoms with Crippen LogP contribution in [-0.2, 0) is 6.42 Å².